The van der Waals surface area contributed by atoms with Gasteiger partial charge in [-0.25, -0.2) is 14.8 Å². The molecule has 3 saturated heterocycles. The molecule has 0 radical (unpaired) electrons. The summed E-state index contributed by atoms with van der Waals surface area (Å²) in [7, 11) is 0. The lowest BCUT2D eigenvalue weighted by Gasteiger charge is -2.47. The van der Waals surface area contributed by atoms with Gasteiger partial charge in [-0.05, 0) is 18.2 Å². The van der Waals surface area contributed by atoms with Gasteiger partial charge in [-0.15, -0.1) is 0 Å². The van der Waals surface area contributed by atoms with E-state index in [2.05, 4.69) is 20.0 Å². The summed E-state index contributed by atoms with van der Waals surface area (Å²) in [4.78, 5) is 21.2. The van der Waals surface area contributed by atoms with Gasteiger partial charge >= 0.3 is 18.4 Å². The Bertz CT molecular complexity index is 1070. The maximum Gasteiger partial charge on any atom is 0.430 e. The number of halogens is 6. The van der Waals surface area contributed by atoms with Crippen molar-refractivity contribution in [1.29, 1.82) is 0 Å². The van der Waals surface area contributed by atoms with Crippen molar-refractivity contribution in [3.05, 3.63) is 35.5 Å². The molecule has 6 heterocycles. The first-order chi connectivity index (χ1) is 15.0. The lowest BCUT2D eigenvalue weighted by molar-refractivity contribution is -0.206. The molecule has 6 rings (SSSR count). The maximum absolute atomic E-state index is 13.6. The third-order valence-electron chi connectivity index (χ3n) is 5.49. The second-order valence-corrected chi connectivity index (χ2v) is 7.69. The van der Waals surface area contributed by atoms with Gasteiger partial charge in [-0.2, -0.15) is 26.3 Å². The number of nitrogens with one attached hydrogen (secondary N) is 1. The highest BCUT2D eigenvalue weighted by Crippen LogP contribution is 2.46. The Morgan fingerprint density at radius 1 is 1.09 bits per heavy atom. The van der Waals surface area contributed by atoms with E-state index >= 15 is 0 Å². The number of carbonyl (C=O) groups excluding carboxylic acids is 1. The molecule has 3 fully saturated rings. The Labute approximate surface area is 176 Å². The van der Waals surface area contributed by atoms with Gasteiger partial charge in [0.1, 0.15) is 11.6 Å². The van der Waals surface area contributed by atoms with Gasteiger partial charge in [0, 0.05) is 31.3 Å². The zero-order valence-electron chi connectivity index (χ0n) is 16.0. The summed E-state index contributed by atoms with van der Waals surface area (Å²) in [6.45, 7) is 0.645. The molecule has 1 N–H and O–H groups in total. The molecule has 2 bridgehead atoms. The SMILES string of the molecule is O=C1Nc2nccc(-c3cc(C(F)(F)F)cc(N4CC5CC(C4)O5)n3)c2[C@H](C(F)(F)F)O1. The maximum atomic E-state index is 13.6. The average molecular weight is 460 g/mol. The number of nitrogens with zero attached hydrogens (tertiary/aromatic N) is 3. The zero-order chi connectivity index (χ0) is 22.8. The Morgan fingerprint density at radius 2 is 1.78 bits per heavy atom. The highest BCUT2D eigenvalue weighted by atomic mass is 19.4. The molecular formula is C19H14F6N4O3. The summed E-state index contributed by atoms with van der Waals surface area (Å²) >= 11 is 0. The minimum absolute atomic E-state index is 0.0253. The van der Waals surface area contributed by atoms with Crippen LogP contribution in [0.15, 0.2) is 24.4 Å². The van der Waals surface area contributed by atoms with Crippen molar-refractivity contribution < 1.29 is 40.6 Å². The number of hydrogen-bond donors (Lipinski definition) is 1. The average Bonchev–Trinajstić information content (AvgIpc) is 2.70. The summed E-state index contributed by atoms with van der Waals surface area (Å²) < 4.78 is 91.6. The van der Waals surface area contributed by atoms with Crippen LogP contribution in [0.5, 0.6) is 0 Å². The van der Waals surface area contributed by atoms with Crippen LogP contribution in [-0.2, 0) is 15.7 Å². The molecule has 0 aromatic carbocycles. The number of amides is 1. The van der Waals surface area contributed by atoms with Crippen molar-refractivity contribution >= 4 is 17.7 Å². The Morgan fingerprint density at radius 3 is 2.41 bits per heavy atom. The number of alkyl halides is 6. The standard InChI is InChI=1S/C19H14F6N4O3/c20-18(21,22)8-3-12(27-13(4-8)29-6-9-5-10(7-29)31-9)11-1-2-26-16-14(11)15(19(23,24)25)32-17(30)28-16/h1-4,9-10,15H,5-7H2,(H,26,28,30)/t9?,10?,15-/m1/s1. The van der Waals surface area contributed by atoms with Crippen LogP contribution >= 0.6 is 0 Å². The summed E-state index contributed by atoms with van der Waals surface area (Å²) in [6, 6.07) is 2.65. The molecule has 2 aromatic heterocycles. The van der Waals surface area contributed by atoms with Crippen LogP contribution in [0.4, 0.5) is 42.8 Å². The lowest BCUT2D eigenvalue weighted by atomic mass is 9.97. The third kappa shape index (κ3) is 3.59. The number of morpholine rings is 1. The monoisotopic (exact) mass is 460 g/mol. The second kappa shape index (κ2) is 6.95. The third-order valence-corrected chi connectivity index (χ3v) is 5.49. The van der Waals surface area contributed by atoms with E-state index in [1.54, 1.807) is 4.90 Å². The summed E-state index contributed by atoms with van der Waals surface area (Å²) in [6.07, 6.45) is -12.2. The molecule has 4 aliphatic rings. The normalized spacial score (nSPS) is 24.9. The topological polar surface area (TPSA) is 76.6 Å². The lowest BCUT2D eigenvalue weighted by Crippen LogP contribution is -2.57. The smallest absolute Gasteiger partial charge is 0.430 e. The predicted molar refractivity (Wildman–Crippen MR) is 96.9 cm³/mol. The molecule has 2 unspecified atom stereocenters. The van der Waals surface area contributed by atoms with Crippen LogP contribution in [0.1, 0.15) is 23.7 Å². The molecular weight excluding hydrogens is 446 g/mol. The van der Waals surface area contributed by atoms with Gasteiger partial charge in [0.05, 0.1) is 29.0 Å². The molecule has 1 amide bonds. The minimum atomic E-state index is -5.01. The van der Waals surface area contributed by atoms with E-state index in [9.17, 15) is 31.1 Å². The van der Waals surface area contributed by atoms with Crippen LogP contribution in [0.3, 0.4) is 0 Å². The van der Waals surface area contributed by atoms with E-state index < -0.39 is 41.5 Å². The second-order valence-electron chi connectivity index (χ2n) is 7.69. The molecule has 170 valence electrons. The fourth-order valence-electron chi connectivity index (χ4n) is 4.11. The fourth-order valence-corrected chi connectivity index (χ4v) is 4.11. The quantitative estimate of drug-likeness (QED) is 0.674. The summed E-state index contributed by atoms with van der Waals surface area (Å²) in [5.41, 5.74) is -2.29. The number of carbonyl (C=O) groups is 1. The van der Waals surface area contributed by atoms with Crippen molar-refractivity contribution in [3.63, 3.8) is 0 Å². The number of cyclic esters (lactones) is 1. The van der Waals surface area contributed by atoms with Crippen molar-refractivity contribution in [1.82, 2.24) is 9.97 Å². The van der Waals surface area contributed by atoms with Crippen molar-refractivity contribution in [2.75, 3.05) is 23.3 Å². The highest BCUT2D eigenvalue weighted by Gasteiger charge is 2.49. The first-order valence-corrected chi connectivity index (χ1v) is 9.52. The number of pyridine rings is 2. The first kappa shape index (κ1) is 20.8. The van der Waals surface area contributed by atoms with Gasteiger partial charge in [0.25, 0.3) is 0 Å². The summed E-state index contributed by atoms with van der Waals surface area (Å²) in [5, 5.41) is 2.06. The van der Waals surface area contributed by atoms with E-state index in [4.69, 9.17) is 4.74 Å². The highest BCUT2D eigenvalue weighted by molar-refractivity contribution is 5.89. The van der Waals surface area contributed by atoms with Crippen LogP contribution < -0.4 is 10.2 Å². The molecule has 0 spiro atoms. The van der Waals surface area contributed by atoms with Gasteiger partial charge in [-0.1, -0.05) is 0 Å². The molecule has 2 aromatic rings. The Hall–Kier alpha value is -3.09. The Kier molecular flexibility index (Phi) is 4.52. The van der Waals surface area contributed by atoms with Crippen molar-refractivity contribution in [2.24, 2.45) is 0 Å². The number of ether oxygens (including phenoxy) is 2. The molecule has 0 aliphatic carbocycles. The molecule has 13 heteroatoms. The van der Waals surface area contributed by atoms with Gasteiger partial charge < -0.3 is 14.4 Å². The van der Waals surface area contributed by atoms with E-state index in [1.807, 2.05) is 0 Å². The van der Waals surface area contributed by atoms with E-state index in [1.165, 1.54) is 0 Å². The number of hydrogen-bond acceptors (Lipinski definition) is 6. The van der Waals surface area contributed by atoms with Crippen LogP contribution in [0.2, 0.25) is 0 Å². The first-order valence-electron chi connectivity index (χ1n) is 9.52. The molecule has 4 aliphatic heterocycles. The number of anilines is 2. The van der Waals surface area contributed by atoms with E-state index in [-0.39, 0.29) is 29.3 Å². The van der Waals surface area contributed by atoms with Crippen molar-refractivity contribution in [2.45, 2.75) is 37.1 Å². The van der Waals surface area contributed by atoms with Gasteiger partial charge in [0.2, 0.25) is 6.10 Å². The Balaban J connectivity index is 1.66. The van der Waals surface area contributed by atoms with E-state index in [0.717, 1.165) is 24.8 Å². The van der Waals surface area contributed by atoms with Gasteiger partial charge in [0.15, 0.2) is 0 Å². The number of rotatable bonds is 2. The largest absolute Gasteiger partial charge is 0.431 e. The number of aromatic nitrogens is 2. The zero-order valence-corrected chi connectivity index (χ0v) is 16.0. The molecule has 7 nitrogen and oxygen atoms in total. The van der Waals surface area contributed by atoms with Gasteiger partial charge in [-0.3, -0.25) is 5.32 Å². The van der Waals surface area contributed by atoms with Crippen molar-refractivity contribution in [3.8, 4) is 11.3 Å². The number of fused-ring (bicyclic) bond motifs is 3. The van der Waals surface area contributed by atoms with Crippen LogP contribution in [0.25, 0.3) is 11.3 Å². The molecule has 3 atom stereocenters. The molecule has 0 saturated carbocycles. The van der Waals surface area contributed by atoms with E-state index in [0.29, 0.717) is 19.2 Å². The number of piperidine rings is 1. The minimum Gasteiger partial charge on any atom is -0.431 e. The summed E-state index contributed by atoms with van der Waals surface area (Å²) in [5.74, 6) is -0.475. The predicted octanol–water partition coefficient (Wildman–Crippen LogP) is 4.31. The molecule has 32 heavy (non-hydrogen) atoms. The van der Waals surface area contributed by atoms with Crippen LogP contribution in [-0.4, -0.2) is 47.5 Å². The fraction of sp³-hybridized carbons (Fsp3) is 0.421. The van der Waals surface area contributed by atoms with Crippen LogP contribution in [0, 0.1) is 0 Å².